The van der Waals surface area contributed by atoms with Crippen molar-refractivity contribution in [3.8, 4) is 11.3 Å². The topological polar surface area (TPSA) is 82.4 Å². The minimum atomic E-state index is -0.333. The molecule has 0 aliphatic carbocycles. The van der Waals surface area contributed by atoms with Crippen molar-refractivity contribution in [3.63, 3.8) is 0 Å². The smallest absolute Gasteiger partial charge is 0.258 e. The van der Waals surface area contributed by atoms with Gasteiger partial charge in [-0.25, -0.2) is 9.37 Å². The van der Waals surface area contributed by atoms with E-state index in [4.69, 9.17) is 4.42 Å². The average molecular weight is 461 g/mol. The monoisotopic (exact) mass is 460 g/mol. The molecule has 0 saturated carbocycles. The predicted octanol–water partition coefficient (Wildman–Crippen LogP) is 3.60. The molecule has 7 nitrogen and oxygen atoms in total. The molecule has 0 bridgehead atoms. The van der Waals surface area contributed by atoms with Crippen molar-refractivity contribution in [1.82, 2.24) is 19.8 Å². The fourth-order valence-electron chi connectivity index (χ4n) is 4.28. The highest BCUT2D eigenvalue weighted by molar-refractivity contribution is 5.77. The summed E-state index contributed by atoms with van der Waals surface area (Å²) >= 11 is 0. The van der Waals surface area contributed by atoms with Crippen LogP contribution in [0.2, 0.25) is 0 Å². The van der Waals surface area contributed by atoms with Gasteiger partial charge in [0.15, 0.2) is 0 Å². The summed E-state index contributed by atoms with van der Waals surface area (Å²) in [6.07, 6.45) is 0.805. The largest absolute Gasteiger partial charge is 0.461 e. The van der Waals surface area contributed by atoms with E-state index in [1.165, 1.54) is 6.07 Å². The van der Waals surface area contributed by atoms with Gasteiger partial charge in [0.1, 0.15) is 23.2 Å². The zero-order valence-electron chi connectivity index (χ0n) is 18.7. The summed E-state index contributed by atoms with van der Waals surface area (Å²) in [5.41, 5.74) is 0.968. The van der Waals surface area contributed by atoms with E-state index in [1.54, 1.807) is 36.4 Å². The lowest BCUT2D eigenvalue weighted by molar-refractivity contribution is -0.133. The second-order valence-electron chi connectivity index (χ2n) is 8.43. The maximum atomic E-state index is 14.0. The molecular formula is C26H25FN4O3. The summed E-state index contributed by atoms with van der Waals surface area (Å²) in [4.78, 5) is 36.5. The lowest BCUT2D eigenvalue weighted by atomic mass is 10.1. The number of rotatable bonds is 6. The lowest BCUT2D eigenvalue weighted by Gasteiger charge is -2.34. The number of furan rings is 1. The Morgan fingerprint density at radius 3 is 2.59 bits per heavy atom. The van der Waals surface area contributed by atoms with E-state index in [1.807, 2.05) is 23.1 Å². The Kier molecular flexibility index (Phi) is 6.22. The molecule has 3 heterocycles. The summed E-state index contributed by atoms with van der Waals surface area (Å²) in [6, 6.07) is 17.3. The van der Waals surface area contributed by atoms with Crippen molar-refractivity contribution < 1.29 is 13.6 Å². The van der Waals surface area contributed by atoms with Gasteiger partial charge in [-0.3, -0.25) is 14.5 Å². The van der Waals surface area contributed by atoms with Crippen molar-refractivity contribution in [2.24, 2.45) is 0 Å². The number of benzene rings is 2. The fourth-order valence-corrected chi connectivity index (χ4v) is 4.28. The number of piperazine rings is 1. The van der Waals surface area contributed by atoms with Crippen molar-refractivity contribution in [2.45, 2.75) is 19.4 Å². The number of amides is 1. The van der Waals surface area contributed by atoms with Gasteiger partial charge >= 0.3 is 0 Å². The molecule has 8 heteroatoms. The van der Waals surface area contributed by atoms with Crippen LogP contribution in [0.4, 0.5) is 4.39 Å². The maximum Gasteiger partial charge on any atom is 0.258 e. The predicted molar refractivity (Wildman–Crippen MR) is 127 cm³/mol. The minimum Gasteiger partial charge on any atom is -0.461 e. The molecule has 2 aromatic heterocycles. The van der Waals surface area contributed by atoms with Crippen LogP contribution < -0.4 is 5.56 Å². The molecule has 1 aliphatic heterocycles. The summed E-state index contributed by atoms with van der Waals surface area (Å²) in [7, 11) is 0. The van der Waals surface area contributed by atoms with Gasteiger partial charge in [0.25, 0.3) is 5.56 Å². The van der Waals surface area contributed by atoms with E-state index < -0.39 is 0 Å². The molecule has 1 N–H and O–H groups in total. The summed E-state index contributed by atoms with van der Waals surface area (Å²) in [6.45, 7) is 3.19. The Morgan fingerprint density at radius 1 is 1.00 bits per heavy atom. The molecule has 1 fully saturated rings. The van der Waals surface area contributed by atoms with E-state index >= 15 is 0 Å². The number of halogens is 1. The maximum absolute atomic E-state index is 14.0. The van der Waals surface area contributed by atoms with Crippen molar-refractivity contribution in [1.29, 1.82) is 0 Å². The Bertz CT molecular complexity index is 1370. The number of aryl methyl sites for hydroxylation is 1. The molecule has 1 aliphatic rings. The van der Waals surface area contributed by atoms with Crippen LogP contribution >= 0.6 is 0 Å². The third-order valence-corrected chi connectivity index (χ3v) is 6.15. The highest BCUT2D eigenvalue weighted by Gasteiger charge is 2.22. The lowest BCUT2D eigenvalue weighted by Crippen LogP contribution is -2.48. The van der Waals surface area contributed by atoms with E-state index in [0.717, 1.165) is 0 Å². The molecule has 34 heavy (non-hydrogen) atoms. The molecule has 2 aromatic carbocycles. The standard InChI is InChI=1S/C26H25FN4O3/c27-21-7-3-1-5-19(21)23-11-9-18(34-23)10-12-25(32)31-15-13-30(14-16-31)17-24-28-22-8-4-2-6-20(22)26(33)29-24/h1-9,11H,10,12-17H2,(H,28,29,33). The third-order valence-electron chi connectivity index (χ3n) is 6.15. The van der Waals surface area contributed by atoms with E-state index in [9.17, 15) is 14.0 Å². The second kappa shape index (κ2) is 9.61. The molecule has 174 valence electrons. The molecule has 0 spiro atoms. The molecular weight excluding hydrogens is 435 g/mol. The quantitative estimate of drug-likeness (QED) is 0.476. The van der Waals surface area contributed by atoms with E-state index in [2.05, 4.69) is 14.9 Å². The Balaban J connectivity index is 1.13. The fraction of sp³-hybridized carbons (Fsp3) is 0.269. The summed E-state index contributed by atoms with van der Waals surface area (Å²) in [5, 5.41) is 0.583. The van der Waals surface area contributed by atoms with Crippen LogP contribution in [0.1, 0.15) is 18.0 Å². The van der Waals surface area contributed by atoms with Crippen molar-refractivity contribution in [2.75, 3.05) is 26.2 Å². The number of nitrogens with zero attached hydrogens (tertiary/aromatic N) is 3. The average Bonchev–Trinajstić information content (AvgIpc) is 3.32. The molecule has 4 aromatic rings. The minimum absolute atomic E-state index is 0.0701. The number of hydrogen-bond acceptors (Lipinski definition) is 5. The Morgan fingerprint density at radius 2 is 1.76 bits per heavy atom. The first-order valence-corrected chi connectivity index (χ1v) is 11.4. The number of carbonyl (C=O) groups is 1. The number of aromatic nitrogens is 2. The first-order valence-electron chi connectivity index (χ1n) is 11.4. The number of hydrogen-bond donors (Lipinski definition) is 1. The van der Waals surface area contributed by atoms with Gasteiger partial charge in [-0.05, 0) is 36.4 Å². The first kappa shape index (κ1) is 22.0. The first-order chi connectivity index (χ1) is 16.6. The van der Waals surface area contributed by atoms with E-state index in [-0.39, 0.29) is 17.3 Å². The van der Waals surface area contributed by atoms with Gasteiger partial charge in [0.05, 0.1) is 23.0 Å². The van der Waals surface area contributed by atoms with Gasteiger partial charge in [-0.2, -0.15) is 0 Å². The number of carbonyl (C=O) groups excluding carboxylic acids is 1. The van der Waals surface area contributed by atoms with Crippen LogP contribution in [-0.4, -0.2) is 51.9 Å². The Hall–Kier alpha value is -3.78. The number of para-hydroxylation sites is 1. The number of fused-ring (bicyclic) bond motifs is 1. The van der Waals surface area contributed by atoms with Crippen molar-refractivity contribution in [3.05, 3.63) is 88.4 Å². The molecule has 1 saturated heterocycles. The number of nitrogens with one attached hydrogen (secondary N) is 1. The highest BCUT2D eigenvalue weighted by Crippen LogP contribution is 2.25. The van der Waals surface area contributed by atoms with Gasteiger partial charge in [-0.15, -0.1) is 0 Å². The molecule has 0 unspecified atom stereocenters. The zero-order chi connectivity index (χ0) is 23.5. The second-order valence-corrected chi connectivity index (χ2v) is 8.43. The van der Waals surface area contributed by atoms with Crippen LogP contribution in [0.25, 0.3) is 22.2 Å². The van der Waals surface area contributed by atoms with Gasteiger partial charge in [0.2, 0.25) is 5.91 Å². The van der Waals surface area contributed by atoms with Crippen LogP contribution in [-0.2, 0) is 17.8 Å². The van der Waals surface area contributed by atoms with Gasteiger partial charge in [-0.1, -0.05) is 24.3 Å². The molecule has 0 radical (unpaired) electrons. The summed E-state index contributed by atoms with van der Waals surface area (Å²) in [5.74, 6) is 1.50. The van der Waals surface area contributed by atoms with Gasteiger partial charge < -0.3 is 14.3 Å². The number of H-pyrrole nitrogens is 1. The van der Waals surface area contributed by atoms with E-state index in [0.29, 0.717) is 79.4 Å². The normalized spacial score (nSPS) is 14.6. The van der Waals surface area contributed by atoms with Gasteiger partial charge in [0, 0.05) is 39.0 Å². The Labute approximate surface area is 195 Å². The highest BCUT2D eigenvalue weighted by atomic mass is 19.1. The molecule has 1 amide bonds. The molecule has 5 rings (SSSR count). The van der Waals surface area contributed by atoms with Crippen molar-refractivity contribution >= 4 is 16.8 Å². The number of aromatic amines is 1. The van der Waals surface area contributed by atoms with Crippen LogP contribution in [0.15, 0.2) is 69.9 Å². The van der Waals surface area contributed by atoms with Crippen LogP contribution in [0.5, 0.6) is 0 Å². The molecule has 0 atom stereocenters. The van der Waals surface area contributed by atoms with Crippen LogP contribution in [0.3, 0.4) is 0 Å². The van der Waals surface area contributed by atoms with Crippen LogP contribution in [0, 0.1) is 5.82 Å². The third kappa shape index (κ3) is 4.77. The SMILES string of the molecule is O=C(CCc1ccc(-c2ccccc2F)o1)N1CCN(Cc2nc3ccccc3c(=O)[nH]2)CC1. The summed E-state index contributed by atoms with van der Waals surface area (Å²) < 4.78 is 19.7. The zero-order valence-corrected chi connectivity index (χ0v) is 18.7.